The number of pyridine rings is 1. The monoisotopic (exact) mass is 265 g/mol. The van der Waals surface area contributed by atoms with Crippen LogP contribution in [0.4, 0.5) is 0 Å². The van der Waals surface area contributed by atoms with Crippen molar-refractivity contribution in [2.45, 2.75) is 32.7 Å². The molecule has 108 valence electrons. The maximum Gasteiger partial charge on any atom is 0.218 e. The Morgan fingerprint density at radius 2 is 2.21 bits per heavy atom. The summed E-state index contributed by atoms with van der Waals surface area (Å²) in [6.45, 7) is 7.08. The van der Waals surface area contributed by atoms with Gasteiger partial charge in [0.25, 0.3) is 0 Å². The van der Waals surface area contributed by atoms with E-state index in [1.54, 1.807) is 6.20 Å². The third-order valence-corrected chi connectivity index (χ3v) is 2.96. The smallest absolute Gasteiger partial charge is 0.218 e. The summed E-state index contributed by atoms with van der Waals surface area (Å²) in [6, 6.07) is 4.32. The molecule has 1 heterocycles. The molecule has 1 aromatic heterocycles. The van der Waals surface area contributed by atoms with Crippen molar-refractivity contribution in [2.24, 2.45) is 0 Å². The number of nitrogens with zero attached hydrogens (tertiary/aromatic N) is 2. The van der Waals surface area contributed by atoms with Crippen LogP contribution in [0.15, 0.2) is 18.3 Å². The Hall–Kier alpha value is -1.13. The first-order valence-electron chi connectivity index (χ1n) is 7.11. The molecular formula is C15H27N3O. The molecular weight excluding hydrogens is 238 g/mol. The second kappa shape index (κ2) is 8.88. The van der Waals surface area contributed by atoms with E-state index in [1.165, 1.54) is 0 Å². The van der Waals surface area contributed by atoms with Gasteiger partial charge in [-0.05, 0) is 46.5 Å². The van der Waals surface area contributed by atoms with Crippen LogP contribution in [0.1, 0.15) is 38.3 Å². The normalized spacial score (nSPS) is 12.7. The van der Waals surface area contributed by atoms with Crippen LogP contribution in [0.2, 0.25) is 0 Å². The molecule has 0 saturated heterocycles. The summed E-state index contributed by atoms with van der Waals surface area (Å²) in [5.41, 5.74) is 1.14. The standard InChI is InChI=1S/C15H27N3O/c1-5-9-16-13(2)14-8-6-10-17-15(14)19-12-7-11-18(3)4/h6,8,10,13,16H,5,7,9,11-12H2,1-4H3. The fraction of sp³-hybridized carbons (Fsp3) is 0.667. The predicted octanol–water partition coefficient (Wildman–Crippen LogP) is 2.47. The first-order chi connectivity index (χ1) is 9.15. The van der Waals surface area contributed by atoms with Crippen molar-refractivity contribution >= 4 is 0 Å². The zero-order valence-electron chi connectivity index (χ0n) is 12.6. The van der Waals surface area contributed by atoms with Gasteiger partial charge in [0.15, 0.2) is 0 Å². The maximum atomic E-state index is 5.81. The fourth-order valence-electron chi connectivity index (χ4n) is 1.87. The van der Waals surface area contributed by atoms with Gasteiger partial charge in [-0.15, -0.1) is 0 Å². The SMILES string of the molecule is CCCNC(C)c1cccnc1OCCCN(C)C. The molecule has 0 bridgehead atoms. The van der Waals surface area contributed by atoms with Gasteiger partial charge >= 0.3 is 0 Å². The van der Waals surface area contributed by atoms with E-state index in [1.807, 2.05) is 6.07 Å². The molecule has 0 aliphatic heterocycles. The quantitative estimate of drug-likeness (QED) is 0.696. The van der Waals surface area contributed by atoms with E-state index in [2.05, 4.69) is 49.2 Å². The molecule has 19 heavy (non-hydrogen) atoms. The van der Waals surface area contributed by atoms with E-state index < -0.39 is 0 Å². The van der Waals surface area contributed by atoms with Crippen molar-refractivity contribution < 1.29 is 4.74 Å². The highest BCUT2D eigenvalue weighted by Gasteiger charge is 2.11. The van der Waals surface area contributed by atoms with Gasteiger partial charge in [0.2, 0.25) is 5.88 Å². The molecule has 4 nitrogen and oxygen atoms in total. The van der Waals surface area contributed by atoms with Gasteiger partial charge in [-0.2, -0.15) is 0 Å². The number of nitrogens with one attached hydrogen (secondary N) is 1. The van der Waals surface area contributed by atoms with Crippen LogP contribution in [0.3, 0.4) is 0 Å². The lowest BCUT2D eigenvalue weighted by atomic mass is 10.1. The van der Waals surface area contributed by atoms with Gasteiger partial charge in [0.1, 0.15) is 0 Å². The molecule has 0 saturated carbocycles. The van der Waals surface area contributed by atoms with Gasteiger partial charge in [-0.1, -0.05) is 13.0 Å². The second-order valence-electron chi connectivity index (χ2n) is 5.08. The fourth-order valence-corrected chi connectivity index (χ4v) is 1.87. The Morgan fingerprint density at radius 1 is 1.42 bits per heavy atom. The van der Waals surface area contributed by atoms with Crippen molar-refractivity contribution in [1.82, 2.24) is 15.2 Å². The Balaban J connectivity index is 2.52. The summed E-state index contributed by atoms with van der Waals surface area (Å²) in [7, 11) is 4.14. The van der Waals surface area contributed by atoms with Crippen molar-refractivity contribution in [1.29, 1.82) is 0 Å². The van der Waals surface area contributed by atoms with Crippen molar-refractivity contribution in [2.75, 3.05) is 33.8 Å². The van der Waals surface area contributed by atoms with Crippen LogP contribution in [-0.2, 0) is 0 Å². The largest absolute Gasteiger partial charge is 0.477 e. The molecule has 1 unspecified atom stereocenters. The molecule has 0 aliphatic carbocycles. The number of ether oxygens (including phenoxy) is 1. The van der Waals surface area contributed by atoms with E-state index in [0.717, 1.165) is 37.4 Å². The van der Waals surface area contributed by atoms with E-state index in [-0.39, 0.29) is 6.04 Å². The number of hydrogen-bond acceptors (Lipinski definition) is 4. The highest BCUT2D eigenvalue weighted by atomic mass is 16.5. The molecule has 0 aromatic carbocycles. The second-order valence-corrected chi connectivity index (χ2v) is 5.08. The number of aromatic nitrogens is 1. The minimum Gasteiger partial charge on any atom is -0.477 e. The minimum atomic E-state index is 0.275. The Labute approximate surface area is 117 Å². The van der Waals surface area contributed by atoms with E-state index in [4.69, 9.17) is 4.74 Å². The third kappa shape index (κ3) is 6.03. The lowest BCUT2D eigenvalue weighted by Crippen LogP contribution is -2.21. The van der Waals surface area contributed by atoms with E-state index in [0.29, 0.717) is 6.61 Å². The summed E-state index contributed by atoms with van der Waals surface area (Å²) in [4.78, 5) is 6.51. The van der Waals surface area contributed by atoms with Crippen molar-refractivity contribution in [3.05, 3.63) is 23.9 Å². The Kier molecular flexibility index (Phi) is 7.45. The van der Waals surface area contributed by atoms with E-state index >= 15 is 0 Å². The summed E-state index contributed by atoms with van der Waals surface area (Å²) >= 11 is 0. The molecule has 0 spiro atoms. The van der Waals surface area contributed by atoms with Gasteiger partial charge in [0.05, 0.1) is 6.61 Å². The first kappa shape index (κ1) is 15.9. The van der Waals surface area contributed by atoms with Crippen LogP contribution in [-0.4, -0.2) is 43.7 Å². The van der Waals surface area contributed by atoms with Gasteiger partial charge in [0, 0.05) is 24.3 Å². The molecule has 0 radical (unpaired) electrons. The van der Waals surface area contributed by atoms with Gasteiger partial charge in [-0.25, -0.2) is 4.98 Å². The molecule has 0 aliphatic rings. The van der Waals surface area contributed by atoms with Crippen LogP contribution in [0.25, 0.3) is 0 Å². The highest BCUT2D eigenvalue weighted by Crippen LogP contribution is 2.22. The zero-order chi connectivity index (χ0) is 14.1. The molecule has 1 rings (SSSR count). The minimum absolute atomic E-state index is 0.275. The maximum absolute atomic E-state index is 5.81. The predicted molar refractivity (Wildman–Crippen MR) is 79.6 cm³/mol. The van der Waals surface area contributed by atoms with Crippen LogP contribution < -0.4 is 10.1 Å². The lowest BCUT2D eigenvalue weighted by Gasteiger charge is -2.17. The molecule has 1 atom stereocenters. The number of hydrogen-bond donors (Lipinski definition) is 1. The van der Waals surface area contributed by atoms with Crippen molar-refractivity contribution in [3.63, 3.8) is 0 Å². The van der Waals surface area contributed by atoms with Crippen LogP contribution in [0, 0.1) is 0 Å². The lowest BCUT2D eigenvalue weighted by molar-refractivity contribution is 0.268. The van der Waals surface area contributed by atoms with Crippen LogP contribution >= 0.6 is 0 Å². The van der Waals surface area contributed by atoms with Gasteiger partial charge < -0.3 is 15.0 Å². The van der Waals surface area contributed by atoms with Crippen molar-refractivity contribution in [3.8, 4) is 5.88 Å². The van der Waals surface area contributed by atoms with E-state index in [9.17, 15) is 0 Å². The molecule has 0 amide bonds. The molecule has 1 N–H and O–H groups in total. The average Bonchev–Trinajstić information content (AvgIpc) is 2.41. The third-order valence-electron chi connectivity index (χ3n) is 2.96. The molecule has 1 aromatic rings. The highest BCUT2D eigenvalue weighted by molar-refractivity contribution is 5.28. The molecule has 0 fully saturated rings. The number of rotatable bonds is 9. The summed E-state index contributed by atoms with van der Waals surface area (Å²) < 4.78 is 5.81. The topological polar surface area (TPSA) is 37.4 Å². The average molecular weight is 265 g/mol. The Morgan fingerprint density at radius 3 is 2.89 bits per heavy atom. The summed E-state index contributed by atoms with van der Waals surface area (Å²) in [5, 5.41) is 3.47. The van der Waals surface area contributed by atoms with Gasteiger partial charge in [-0.3, -0.25) is 0 Å². The first-order valence-corrected chi connectivity index (χ1v) is 7.11. The molecule has 4 heteroatoms. The summed E-state index contributed by atoms with van der Waals surface area (Å²) in [5.74, 6) is 0.761. The van der Waals surface area contributed by atoms with Crippen LogP contribution in [0.5, 0.6) is 5.88 Å². The Bertz CT molecular complexity index is 355. The summed E-state index contributed by atoms with van der Waals surface area (Å²) in [6.07, 6.45) is 3.93. The zero-order valence-corrected chi connectivity index (χ0v) is 12.6.